The minimum absolute atomic E-state index is 0.0287. The Morgan fingerprint density at radius 3 is 2.65 bits per heavy atom. The Morgan fingerprint density at radius 1 is 1.15 bits per heavy atom. The Labute approximate surface area is 151 Å². The molecule has 136 valence electrons. The predicted molar refractivity (Wildman–Crippen MR) is 97.0 cm³/mol. The van der Waals surface area contributed by atoms with E-state index in [1.807, 2.05) is 30.3 Å². The van der Waals surface area contributed by atoms with Gasteiger partial charge >= 0.3 is 5.69 Å². The highest BCUT2D eigenvalue weighted by Gasteiger charge is 2.26. The molecule has 0 spiro atoms. The SMILES string of the molecule is O=C1C[C@H](c2ccccc2)N(CCOc2ccccc2[N+](=O)[O-])CCN1. The Balaban J connectivity index is 1.69. The van der Waals surface area contributed by atoms with Crippen molar-refractivity contribution >= 4 is 11.6 Å². The van der Waals surface area contributed by atoms with Crippen molar-refractivity contribution in [3.8, 4) is 5.75 Å². The molecule has 7 heteroatoms. The lowest BCUT2D eigenvalue weighted by Crippen LogP contribution is -2.34. The molecule has 7 nitrogen and oxygen atoms in total. The number of amides is 1. The molecule has 0 unspecified atom stereocenters. The van der Waals surface area contributed by atoms with E-state index in [1.54, 1.807) is 18.2 Å². The molecule has 0 radical (unpaired) electrons. The molecular weight excluding hydrogens is 334 g/mol. The van der Waals surface area contributed by atoms with E-state index < -0.39 is 4.92 Å². The number of rotatable bonds is 6. The van der Waals surface area contributed by atoms with Crippen LogP contribution in [0.25, 0.3) is 0 Å². The highest BCUT2D eigenvalue weighted by Crippen LogP contribution is 2.27. The molecule has 0 aliphatic carbocycles. The molecule has 1 saturated heterocycles. The fourth-order valence-corrected chi connectivity index (χ4v) is 3.15. The first-order valence-electron chi connectivity index (χ1n) is 8.57. The first-order chi connectivity index (χ1) is 12.6. The fraction of sp³-hybridized carbons (Fsp3) is 0.316. The summed E-state index contributed by atoms with van der Waals surface area (Å²) in [6.45, 7) is 2.15. The Hall–Kier alpha value is -2.93. The van der Waals surface area contributed by atoms with Crippen LogP contribution in [0.2, 0.25) is 0 Å². The smallest absolute Gasteiger partial charge is 0.310 e. The first kappa shape index (κ1) is 17.9. The van der Waals surface area contributed by atoms with Gasteiger partial charge in [0.1, 0.15) is 6.61 Å². The quantitative estimate of drug-likeness (QED) is 0.636. The number of hydrogen-bond acceptors (Lipinski definition) is 5. The van der Waals surface area contributed by atoms with Gasteiger partial charge in [0, 0.05) is 38.2 Å². The molecule has 0 bridgehead atoms. The molecule has 1 N–H and O–H groups in total. The highest BCUT2D eigenvalue weighted by molar-refractivity contribution is 5.77. The van der Waals surface area contributed by atoms with Crippen LogP contribution in [-0.4, -0.2) is 42.0 Å². The summed E-state index contributed by atoms with van der Waals surface area (Å²) in [7, 11) is 0. The van der Waals surface area contributed by atoms with Crippen LogP contribution in [0.5, 0.6) is 5.75 Å². The number of nitro groups is 1. The maximum atomic E-state index is 12.0. The van der Waals surface area contributed by atoms with Crippen LogP contribution in [0.15, 0.2) is 54.6 Å². The Kier molecular flexibility index (Phi) is 5.80. The van der Waals surface area contributed by atoms with Crippen LogP contribution in [0.1, 0.15) is 18.0 Å². The summed E-state index contributed by atoms with van der Waals surface area (Å²) in [6, 6.07) is 16.2. The third-order valence-corrected chi connectivity index (χ3v) is 4.42. The van der Waals surface area contributed by atoms with E-state index >= 15 is 0 Å². The van der Waals surface area contributed by atoms with Gasteiger partial charge in [0.2, 0.25) is 5.91 Å². The number of para-hydroxylation sites is 2. The summed E-state index contributed by atoms with van der Waals surface area (Å²) >= 11 is 0. The average molecular weight is 355 g/mol. The highest BCUT2D eigenvalue weighted by atomic mass is 16.6. The van der Waals surface area contributed by atoms with E-state index in [4.69, 9.17) is 4.74 Å². The molecule has 0 saturated carbocycles. The number of hydrogen-bond donors (Lipinski definition) is 1. The van der Waals surface area contributed by atoms with Crippen molar-refractivity contribution in [2.45, 2.75) is 12.5 Å². The third-order valence-electron chi connectivity index (χ3n) is 4.42. The van der Waals surface area contributed by atoms with Gasteiger partial charge in [-0.15, -0.1) is 0 Å². The van der Waals surface area contributed by atoms with Gasteiger partial charge < -0.3 is 10.1 Å². The number of nitrogens with zero attached hydrogens (tertiary/aromatic N) is 2. The van der Waals surface area contributed by atoms with E-state index in [1.165, 1.54) is 6.07 Å². The Bertz CT molecular complexity index is 766. The van der Waals surface area contributed by atoms with E-state index in [0.717, 1.165) is 5.56 Å². The second-order valence-electron chi connectivity index (χ2n) is 6.09. The van der Waals surface area contributed by atoms with Crippen molar-refractivity contribution in [1.82, 2.24) is 10.2 Å². The lowest BCUT2D eigenvalue weighted by Gasteiger charge is -2.29. The van der Waals surface area contributed by atoms with E-state index in [-0.39, 0.29) is 23.4 Å². The van der Waals surface area contributed by atoms with Gasteiger partial charge in [0.15, 0.2) is 5.75 Å². The maximum Gasteiger partial charge on any atom is 0.310 e. The molecular formula is C19H21N3O4. The number of carbonyl (C=O) groups is 1. The number of benzene rings is 2. The molecule has 2 aromatic rings. The Morgan fingerprint density at radius 2 is 1.88 bits per heavy atom. The minimum Gasteiger partial charge on any atom is -0.485 e. The van der Waals surface area contributed by atoms with Crippen molar-refractivity contribution in [2.75, 3.05) is 26.2 Å². The normalized spacial score (nSPS) is 18.0. The van der Waals surface area contributed by atoms with Gasteiger partial charge in [0.25, 0.3) is 0 Å². The van der Waals surface area contributed by atoms with E-state index in [0.29, 0.717) is 32.7 Å². The molecule has 0 aromatic heterocycles. The van der Waals surface area contributed by atoms with Crippen molar-refractivity contribution in [3.63, 3.8) is 0 Å². The van der Waals surface area contributed by atoms with Crippen LogP contribution < -0.4 is 10.1 Å². The zero-order chi connectivity index (χ0) is 18.4. The first-order valence-corrected chi connectivity index (χ1v) is 8.57. The second-order valence-corrected chi connectivity index (χ2v) is 6.09. The van der Waals surface area contributed by atoms with Crippen LogP contribution in [0, 0.1) is 10.1 Å². The van der Waals surface area contributed by atoms with Gasteiger partial charge in [-0.25, -0.2) is 0 Å². The fourth-order valence-electron chi connectivity index (χ4n) is 3.15. The molecule has 26 heavy (non-hydrogen) atoms. The zero-order valence-corrected chi connectivity index (χ0v) is 14.3. The summed E-state index contributed by atoms with van der Waals surface area (Å²) < 4.78 is 5.66. The third kappa shape index (κ3) is 4.37. The van der Waals surface area contributed by atoms with Crippen LogP contribution in [0.3, 0.4) is 0 Å². The van der Waals surface area contributed by atoms with E-state index in [2.05, 4.69) is 10.2 Å². The van der Waals surface area contributed by atoms with Gasteiger partial charge in [-0.05, 0) is 11.6 Å². The summed E-state index contributed by atoms with van der Waals surface area (Å²) in [5.74, 6) is 0.291. The summed E-state index contributed by atoms with van der Waals surface area (Å²) in [5.41, 5.74) is 1.04. The van der Waals surface area contributed by atoms with Crippen LogP contribution in [0.4, 0.5) is 5.69 Å². The molecule has 1 atom stereocenters. The predicted octanol–water partition coefficient (Wildman–Crippen LogP) is 2.54. The van der Waals surface area contributed by atoms with Crippen molar-refractivity contribution in [2.24, 2.45) is 0 Å². The number of nitrogens with one attached hydrogen (secondary N) is 1. The average Bonchev–Trinajstić information content (AvgIpc) is 2.84. The summed E-state index contributed by atoms with van der Waals surface area (Å²) in [5, 5.41) is 14.0. The standard InChI is InChI=1S/C19H21N3O4/c23-19-14-17(15-6-2-1-3-7-15)21(11-10-20-19)12-13-26-18-9-5-4-8-16(18)22(24)25/h1-9,17H,10-14H2,(H,20,23)/t17-/m1/s1. The largest absolute Gasteiger partial charge is 0.485 e. The molecule has 1 heterocycles. The number of ether oxygens (including phenoxy) is 1. The summed E-state index contributed by atoms with van der Waals surface area (Å²) in [4.78, 5) is 24.8. The molecule has 1 amide bonds. The molecule has 1 fully saturated rings. The van der Waals surface area contributed by atoms with Gasteiger partial charge in [0.05, 0.1) is 4.92 Å². The molecule has 1 aliphatic rings. The minimum atomic E-state index is -0.448. The zero-order valence-electron chi connectivity index (χ0n) is 14.3. The number of nitro benzene ring substituents is 1. The maximum absolute atomic E-state index is 12.0. The van der Waals surface area contributed by atoms with Crippen molar-refractivity contribution < 1.29 is 14.5 Å². The van der Waals surface area contributed by atoms with Crippen LogP contribution >= 0.6 is 0 Å². The summed E-state index contributed by atoms with van der Waals surface area (Å²) in [6.07, 6.45) is 0.384. The molecule has 3 rings (SSSR count). The van der Waals surface area contributed by atoms with Crippen LogP contribution in [-0.2, 0) is 4.79 Å². The van der Waals surface area contributed by atoms with Gasteiger partial charge in [-0.3, -0.25) is 19.8 Å². The van der Waals surface area contributed by atoms with E-state index in [9.17, 15) is 14.9 Å². The van der Waals surface area contributed by atoms with Gasteiger partial charge in [-0.1, -0.05) is 42.5 Å². The second kappa shape index (κ2) is 8.44. The van der Waals surface area contributed by atoms with Crippen molar-refractivity contribution in [3.05, 3.63) is 70.3 Å². The van der Waals surface area contributed by atoms with Gasteiger partial charge in [-0.2, -0.15) is 0 Å². The number of carbonyl (C=O) groups excluding carboxylic acids is 1. The monoisotopic (exact) mass is 355 g/mol. The lowest BCUT2D eigenvalue weighted by molar-refractivity contribution is -0.385. The van der Waals surface area contributed by atoms with Crippen molar-refractivity contribution in [1.29, 1.82) is 0 Å². The molecule has 1 aliphatic heterocycles. The lowest BCUT2D eigenvalue weighted by atomic mass is 10.0. The topological polar surface area (TPSA) is 84.7 Å². The molecule has 2 aromatic carbocycles.